The highest BCUT2D eigenvalue weighted by Gasteiger charge is 2.19. The summed E-state index contributed by atoms with van der Waals surface area (Å²) in [5.74, 6) is -0.720. The van der Waals surface area contributed by atoms with Crippen molar-refractivity contribution in [3.05, 3.63) is 35.4 Å². The van der Waals surface area contributed by atoms with Crippen LogP contribution in [-0.2, 0) is 17.6 Å². The Hall–Kier alpha value is -1.35. The second-order valence-electron chi connectivity index (χ2n) is 4.85. The van der Waals surface area contributed by atoms with Crippen LogP contribution in [0.15, 0.2) is 24.3 Å². The summed E-state index contributed by atoms with van der Waals surface area (Å²) >= 11 is 0. The first-order valence-corrected chi connectivity index (χ1v) is 7.14. The van der Waals surface area contributed by atoms with E-state index >= 15 is 0 Å². The van der Waals surface area contributed by atoms with Crippen molar-refractivity contribution in [2.75, 3.05) is 13.1 Å². The molecule has 0 saturated heterocycles. The fourth-order valence-corrected chi connectivity index (χ4v) is 2.46. The van der Waals surface area contributed by atoms with E-state index in [9.17, 15) is 4.79 Å². The van der Waals surface area contributed by atoms with Crippen LogP contribution in [0.2, 0.25) is 0 Å². The topological polar surface area (TPSA) is 40.5 Å². The molecule has 0 fully saturated rings. The van der Waals surface area contributed by atoms with Gasteiger partial charge in [-0.1, -0.05) is 45.0 Å². The molecule has 0 heterocycles. The molecule has 1 atom stereocenters. The number of carbonyl (C=O) groups is 1. The van der Waals surface area contributed by atoms with Gasteiger partial charge in [-0.3, -0.25) is 4.79 Å². The van der Waals surface area contributed by atoms with Crippen molar-refractivity contribution in [3.8, 4) is 0 Å². The molecule has 1 rings (SSSR count). The predicted octanol–water partition coefficient (Wildman–Crippen LogP) is 2.98. The van der Waals surface area contributed by atoms with Gasteiger partial charge in [0.15, 0.2) is 0 Å². The third kappa shape index (κ3) is 5.03. The van der Waals surface area contributed by atoms with Crippen molar-refractivity contribution in [1.29, 1.82) is 0 Å². The lowest BCUT2D eigenvalue weighted by atomic mass is 10.00. The number of hydrogen-bond acceptors (Lipinski definition) is 2. The molecule has 1 aromatic rings. The van der Waals surface area contributed by atoms with E-state index in [4.69, 9.17) is 5.11 Å². The van der Waals surface area contributed by atoms with E-state index < -0.39 is 5.97 Å². The van der Waals surface area contributed by atoms with Crippen LogP contribution in [0.5, 0.6) is 0 Å². The lowest BCUT2D eigenvalue weighted by Gasteiger charge is -2.28. The molecule has 1 unspecified atom stereocenters. The number of likely N-dealkylation sites (N-methyl/N-ethyl adjacent to an activating group) is 1. The second kappa shape index (κ2) is 7.95. The van der Waals surface area contributed by atoms with Gasteiger partial charge in [0.2, 0.25) is 0 Å². The van der Waals surface area contributed by atoms with Gasteiger partial charge in [-0.15, -0.1) is 0 Å². The maximum absolute atomic E-state index is 11.0. The van der Waals surface area contributed by atoms with Crippen LogP contribution in [-0.4, -0.2) is 35.1 Å². The van der Waals surface area contributed by atoms with Crippen LogP contribution in [0.1, 0.15) is 38.3 Å². The van der Waals surface area contributed by atoms with Crippen LogP contribution in [0.4, 0.5) is 0 Å². The summed E-state index contributed by atoms with van der Waals surface area (Å²) in [6.07, 6.45) is 2.05. The second-order valence-corrected chi connectivity index (χ2v) is 4.85. The molecule has 0 aliphatic heterocycles. The van der Waals surface area contributed by atoms with Gasteiger partial charge in [0, 0.05) is 6.04 Å². The molecule has 106 valence electrons. The van der Waals surface area contributed by atoms with Crippen molar-refractivity contribution in [2.24, 2.45) is 0 Å². The van der Waals surface area contributed by atoms with Gasteiger partial charge in [-0.25, -0.2) is 0 Å². The number of hydrogen-bond donors (Lipinski definition) is 1. The highest BCUT2D eigenvalue weighted by molar-refractivity contribution is 5.67. The molecule has 0 radical (unpaired) electrons. The Morgan fingerprint density at radius 3 is 2.05 bits per heavy atom. The van der Waals surface area contributed by atoms with Crippen molar-refractivity contribution in [1.82, 2.24) is 4.90 Å². The van der Waals surface area contributed by atoms with E-state index in [0.29, 0.717) is 0 Å². The molecular weight excluding hydrogens is 238 g/mol. The third-order valence-electron chi connectivity index (χ3n) is 3.64. The van der Waals surface area contributed by atoms with E-state index in [0.717, 1.165) is 25.9 Å². The van der Waals surface area contributed by atoms with Crippen molar-refractivity contribution in [3.63, 3.8) is 0 Å². The normalized spacial score (nSPS) is 12.6. The molecule has 0 aliphatic carbocycles. The lowest BCUT2D eigenvalue weighted by Crippen LogP contribution is -2.38. The highest BCUT2D eigenvalue weighted by Crippen LogP contribution is 2.14. The Morgan fingerprint density at radius 2 is 1.63 bits per heavy atom. The summed E-state index contributed by atoms with van der Waals surface area (Å²) in [6, 6.07) is 8.60. The number of aryl methyl sites for hydroxylation is 1. The zero-order valence-electron chi connectivity index (χ0n) is 12.2. The first-order valence-electron chi connectivity index (χ1n) is 7.14. The van der Waals surface area contributed by atoms with E-state index in [1.807, 2.05) is 0 Å². The standard InChI is InChI=1S/C16H25NO2/c1-4-13-7-9-14(10-8-13)11-15(12-16(18)19)17(5-2)6-3/h7-10,15H,4-6,11-12H2,1-3H3,(H,18,19). The minimum atomic E-state index is -0.720. The zero-order chi connectivity index (χ0) is 14.3. The minimum absolute atomic E-state index is 0.0833. The largest absolute Gasteiger partial charge is 0.481 e. The Labute approximate surface area is 116 Å². The Bertz CT molecular complexity index is 382. The van der Waals surface area contributed by atoms with Crippen LogP contribution >= 0.6 is 0 Å². The maximum atomic E-state index is 11.0. The van der Waals surface area contributed by atoms with Gasteiger partial charge >= 0.3 is 5.97 Å². The number of carboxylic acid groups (broad SMARTS) is 1. The summed E-state index contributed by atoms with van der Waals surface area (Å²) in [5.41, 5.74) is 2.54. The molecular formula is C16H25NO2. The Kier molecular flexibility index (Phi) is 6.57. The molecule has 19 heavy (non-hydrogen) atoms. The van der Waals surface area contributed by atoms with Gasteiger partial charge in [0.25, 0.3) is 0 Å². The number of aliphatic carboxylic acids is 1. The first kappa shape index (κ1) is 15.7. The number of nitrogens with zero attached hydrogens (tertiary/aromatic N) is 1. The molecule has 3 heteroatoms. The summed E-state index contributed by atoms with van der Waals surface area (Å²) in [7, 11) is 0. The fraction of sp³-hybridized carbons (Fsp3) is 0.562. The predicted molar refractivity (Wildman–Crippen MR) is 78.5 cm³/mol. The summed E-state index contributed by atoms with van der Waals surface area (Å²) in [6.45, 7) is 8.08. The average molecular weight is 263 g/mol. The molecule has 0 saturated carbocycles. The fourth-order valence-electron chi connectivity index (χ4n) is 2.46. The monoisotopic (exact) mass is 263 g/mol. The molecule has 0 amide bonds. The van der Waals surface area contributed by atoms with Crippen LogP contribution in [0.25, 0.3) is 0 Å². The van der Waals surface area contributed by atoms with E-state index in [2.05, 4.69) is 49.9 Å². The Morgan fingerprint density at radius 1 is 1.11 bits per heavy atom. The molecule has 3 nitrogen and oxygen atoms in total. The van der Waals surface area contributed by atoms with Crippen LogP contribution in [0.3, 0.4) is 0 Å². The zero-order valence-corrected chi connectivity index (χ0v) is 12.2. The molecule has 0 bridgehead atoms. The summed E-state index contributed by atoms with van der Waals surface area (Å²) in [4.78, 5) is 13.2. The number of carboxylic acids is 1. The third-order valence-corrected chi connectivity index (χ3v) is 3.64. The number of benzene rings is 1. The maximum Gasteiger partial charge on any atom is 0.304 e. The molecule has 1 aromatic carbocycles. The van der Waals surface area contributed by atoms with Gasteiger partial charge in [0.05, 0.1) is 6.42 Å². The van der Waals surface area contributed by atoms with Crippen molar-refractivity contribution < 1.29 is 9.90 Å². The summed E-state index contributed by atoms with van der Waals surface area (Å²) in [5, 5.41) is 9.06. The van der Waals surface area contributed by atoms with Crippen LogP contribution < -0.4 is 0 Å². The van der Waals surface area contributed by atoms with Gasteiger partial charge in [-0.2, -0.15) is 0 Å². The summed E-state index contributed by atoms with van der Waals surface area (Å²) < 4.78 is 0. The SMILES string of the molecule is CCc1ccc(CC(CC(=O)O)N(CC)CC)cc1. The van der Waals surface area contributed by atoms with Gasteiger partial charge in [0.1, 0.15) is 0 Å². The van der Waals surface area contributed by atoms with Crippen molar-refractivity contribution in [2.45, 2.75) is 46.1 Å². The molecule has 0 aromatic heterocycles. The average Bonchev–Trinajstić information content (AvgIpc) is 2.40. The Balaban J connectivity index is 2.77. The quantitative estimate of drug-likeness (QED) is 0.784. The molecule has 0 aliphatic rings. The molecule has 1 N–H and O–H groups in total. The number of rotatable bonds is 8. The molecule has 0 spiro atoms. The smallest absolute Gasteiger partial charge is 0.304 e. The van der Waals surface area contributed by atoms with E-state index in [1.54, 1.807) is 0 Å². The lowest BCUT2D eigenvalue weighted by molar-refractivity contribution is -0.138. The minimum Gasteiger partial charge on any atom is -0.481 e. The van der Waals surface area contributed by atoms with Gasteiger partial charge < -0.3 is 10.0 Å². The van der Waals surface area contributed by atoms with Crippen molar-refractivity contribution >= 4 is 5.97 Å². The van der Waals surface area contributed by atoms with E-state index in [1.165, 1.54) is 11.1 Å². The van der Waals surface area contributed by atoms with Crippen LogP contribution in [0, 0.1) is 0 Å². The van der Waals surface area contributed by atoms with E-state index in [-0.39, 0.29) is 12.5 Å². The first-order chi connectivity index (χ1) is 9.10. The highest BCUT2D eigenvalue weighted by atomic mass is 16.4. The van der Waals surface area contributed by atoms with Gasteiger partial charge in [-0.05, 0) is 37.1 Å².